The maximum atomic E-state index is 4.89. The second kappa shape index (κ2) is 8.08. The third-order valence-electron chi connectivity index (χ3n) is 4.20. The maximum absolute atomic E-state index is 4.89. The van der Waals surface area contributed by atoms with E-state index in [2.05, 4.69) is 83.4 Å². The summed E-state index contributed by atoms with van der Waals surface area (Å²) in [5.74, 6) is 1.06. The molecule has 0 saturated heterocycles. The zero-order valence-corrected chi connectivity index (χ0v) is 14.6. The van der Waals surface area contributed by atoms with E-state index >= 15 is 0 Å². The van der Waals surface area contributed by atoms with Gasteiger partial charge in [-0.05, 0) is 39.2 Å². The summed E-state index contributed by atoms with van der Waals surface area (Å²) in [5, 5.41) is 0. The van der Waals surface area contributed by atoms with E-state index in [-0.39, 0.29) is 0 Å². The molecule has 1 aliphatic rings. The number of benzene rings is 2. The molecule has 0 amide bonds. The Labute approximate surface area is 145 Å². The van der Waals surface area contributed by atoms with Crippen LogP contribution in [0.1, 0.15) is 12.0 Å². The van der Waals surface area contributed by atoms with E-state index in [9.17, 15) is 0 Å². The van der Waals surface area contributed by atoms with Crippen LogP contribution >= 0.6 is 0 Å². The SMILES string of the molecule is CN(C)CCCN1CN=C(c2ccccc2)N(c2ccccc2)C1. The third kappa shape index (κ3) is 4.22. The van der Waals surface area contributed by atoms with Crippen LogP contribution < -0.4 is 4.90 Å². The van der Waals surface area contributed by atoms with E-state index in [0.29, 0.717) is 0 Å². The standard InChI is InChI=1S/C20H26N4/c1-22(2)14-9-15-23-16-21-20(18-10-5-3-6-11-18)24(17-23)19-12-7-4-8-13-19/h3-8,10-13H,9,14-17H2,1-2H3. The van der Waals surface area contributed by atoms with E-state index in [0.717, 1.165) is 38.7 Å². The molecule has 2 aromatic carbocycles. The Morgan fingerprint density at radius 3 is 2.29 bits per heavy atom. The predicted octanol–water partition coefficient (Wildman–Crippen LogP) is 3.12. The minimum absolute atomic E-state index is 0.765. The topological polar surface area (TPSA) is 22.1 Å². The van der Waals surface area contributed by atoms with Crippen LogP contribution in [0.2, 0.25) is 0 Å². The summed E-state index contributed by atoms with van der Waals surface area (Å²) < 4.78 is 0. The van der Waals surface area contributed by atoms with Crippen molar-refractivity contribution in [3.63, 3.8) is 0 Å². The molecule has 126 valence electrons. The van der Waals surface area contributed by atoms with Gasteiger partial charge in [-0.25, -0.2) is 0 Å². The molecule has 0 spiro atoms. The second-order valence-electron chi connectivity index (χ2n) is 6.45. The lowest BCUT2D eigenvalue weighted by Crippen LogP contribution is -2.47. The van der Waals surface area contributed by atoms with Crippen molar-refractivity contribution in [2.45, 2.75) is 6.42 Å². The first-order valence-corrected chi connectivity index (χ1v) is 8.53. The van der Waals surface area contributed by atoms with Gasteiger partial charge in [-0.15, -0.1) is 0 Å². The first-order valence-electron chi connectivity index (χ1n) is 8.53. The van der Waals surface area contributed by atoms with Crippen LogP contribution in [0.5, 0.6) is 0 Å². The van der Waals surface area contributed by atoms with Gasteiger partial charge in [-0.1, -0.05) is 48.5 Å². The summed E-state index contributed by atoms with van der Waals surface area (Å²) in [6.45, 7) is 3.82. The van der Waals surface area contributed by atoms with Crippen LogP contribution in [0, 0.1) is 0 Å². The summed E-state index contributed by atoms with van der Waals surface area (Å²) in [5.41, 5.74) is 2.37. The Morgan fingerprint density at radius 1 is 0.958 bits per heavy atom. The predicted molar refractivity (Wildman–Crippen MR) is 102 cm³/mol. The quantitative estimate of drug-likeness (QED) is 0.816. The molecule has 24 heavy (non-hydrogen) atoms. The summed E-state index contributed by atoms with van der Waals surface area (Å²) in [7, 11) is 4.25. The van der Waals surface area contributed by atoms with Gasteiger partial charge in [-0.3, -0.25) is 9.89 Å². The first-order chi connectivity index (χ1) is 11.7. The molecule has 3 rings (SSSR count). The van der Waals surface area contributed by atoms with Crippen LogP contribution in [-0.4, -0.2) is 56.2 Å². The van der Waals surface area contributed by atoms with E-state index in [1.54, 1.807) is 0 Å². The van der Waals surface area contributed by atoms with E-state index in [1.807, 2.05) is 6.07 Å². The van der Waals surface area contributed by atoms with Crippen molar-refractivity contribution in [1.82, 2.24) is 9.80 Å². The maximum Gasteiger partial charge on any atom is 0.137 e. The number of hydrogen-bond acceptors (Lipinski definition) is 4. The molecule has 0 atom stereocenters. The fourth-order valence-corrected chi connectivity index (χ4v) is 2.96. The number of para-hydroxylation sites is 1. The van der Waals surface area contributed by atoms with Crippen molar-refractivity contribution in [3.05, 3.63) is 66.2 Å². The zero-order chi connectivity index (χ0) is 16.8. The van der Waals surface area contributed by atoms with Gasteiger partial charge in [0.15, 0.2) is 0 Å². The van der Waals surface area contributed by atoms with Crippen molar-refractivity contribution in [2.24, 2.45) is 4.99 Å². The zero-order valence-electron chi connectivity index (χ0n) is 14.6. The molecule has 0 radical (unpaired) electrons. The summed E-state index contributed by atoms with van der Waals surface area (Å²) in [6.07, 6.45) is 1.16. The van der Waals surface area contributed by atoms with Crippen LogP contribution in [0.25, 0.3) is 0 Å². The van der Waals surface area contributed by atoms with Crippen LogP contribution in [-0.2, 0) is 0 Å². The molecule has 0 fully saturated rings. The lowest BCUT2D eigenvalue weighted by atomic mass is 10.1. The highest BCUT2D eigenvalue weighted by atomic mass is 15.4. The van der Waals surface area contributed by atoms with Crippen molar-refractivity contribution >= 4 is 11.5 Å². The Balaban J connectivity index is 1.80. The molecule has 0 N–H and O–H groups in total. The summed E-state index contributed by atoms with van der Waals surface area (Å²) >= 11 is 0. The largest absolute Gasteiger partial charge is 0.313 e. The highest BCUT2D eigenvalue weighted by Crippen LogP contribution is 2.21. The molecule has 0 unspecified atom stereocenters. The number of nitrogens with zero attached hydrogens (tertiary/aromatic N) is 4. The number of anilines is 1. The van der Waals surface area contributed by atoms with Crippen molar-refractivity contribution < 1.29 is 0 Å². The number of hydrogen-bond donors (Lipinski definition) is 0. The van der Waals surface area contributed by atoms with Gasteiger partial charge in [0.05, 0.1) is 13.3 Å². The Morgan fingerprint density at radius 2 is 1.62 bits per heavy atom. The molecule has 4 nitrogen and oxygen atoms in total. The molecular weight excluding hydrogens is 296 g/mol. The monoisotopic (exact) mass is 322 g/mol. The van der Waals surface area contributed by atoms with Gasteiger partial charge in [-0.2, -0.15) is 0 Å². The van der Waals surface area contributed by atoms with Gasteiger partial charge < -0.3 is 9.80 Å². The van der Waals surface area contributed by atoms with E-state index < -0.39 is 0 Å². The lowest BCUT2D eigenvalue weighted by Gasteiger charge is -2.36. The fraction of sp³-hybridized carbons (Fsp3) is 0.350. The summed E-state index contributed by atoms with van der Waals surface area (Å²) in [6, 6.07) is 21.0. The van der Waals surface area contributed by atoms with E-state index in [1.165, 1.54) is 11.3 Å². The second-order valence-corrected chi connectivity index (χ2v) is 6.45. The van der Waals surface area contributed by atoms with Gasteiger partial charge in [0.2, 0.25) is 0 Å². The average Bonchev–Trinajstić information content (AvgIpc) is 2.63. The molecule has 0 aromatic heterocycles. The van der Waals surface area contributed by atoms with Gasteiger partial charge >= 0.3 is 0 Å². The first kappa shape index (κ1) is 16.7. The van der Waals surface area contributed by atoms with Crippen LogP contribution in [0.4, 0.5) is 5.69 Å². The smallest absolute Gasteiger partial charge is 0.137 e. The van der Waals surface area contributed by atoms with Crippen LogP contribution in [0.3, 0.4) is 0 Å². The molecule has 1 heterocycles. The number of amidine groups is 1. The Kier molecular flexibility index (Phi) is 5.62. The molecule has 0 aliphatic carbocycles. The summed E-state index contributed by atoms with van der Waals surface area (Å²) in [4.78, 5) is 11.8. The third-order valence-corrected chi connectivity index (χ3v) is 4.20. The van der Waals surface area contributed by atoms with Gasteiger partial charge in [0.1, 0.15) is 5.84 Å². The minimum atomic E-state index is 0.765. The fourth-order valence-electron chi connectivity index (χ4n) is 2.96. The van der Waals surface area contributed by atoms with Crippen molar-refractivity contribution in [1.29, 1.82) is 0 Å². The highest BCUT2D eigenvalue weighted by Gasteiger charge is 2.22. The highest BCUT2D eigenvalue weighted by molar-refractivity contribution is 6.10. The van der Waals surface area contributed by atoms with Crippen LogP contribution in [0.15, 0.2) is 65.7 Å². The van der Waals surface area contributed by atoms with Crippen molar-refractivity contribution in [3.8, 4) is 0 Å². The number of rotatable bonds is 6. The van der Waals surface area contributed by atoms with Crippen molar-refractivity contribution in [2.75, 3.05) is 45.4 Å². The Bertz CT molecular complexity index is 652. The minimum Gasteiger partial charge on any atom is -0.313 e. The lowest BCUT2D eigenvalue weighted by molar-refractivity contribution is 0.261. The Hall–Kier alpha value is -2.17. The van der Waals surface area contributed by atoms with Gasteiger partial charge in [0.25, 0.3) is 0 Å². The molecule has 2 aromatic rings. The number of aliphatic imine (C=N–C) groups is 1. The molecule has 0 saturated carbocycles. The average molecular weight is 322 g/mol. The molecular formula is C20H26N4. The molecule has 4 heteroatoms. The molecule has 1 aliphatic heterocycles. The molecule has 0 bridgehead atoms. The van der Waals surface area contributed by atoms with E-state index in [4.69, 9.17) is 4.99 Å². The van der Waals surface area contributed by atoms with Gasteiger partial charge in [0, 0.05) is 17.8 Å². The normalized spacial score (nSPS) is 15.6.